The molecule has 1 amide bonds. The second-order valence-corrected chi connectivity index (χ2v) is 11.7. The maximum Gasteiger partial charge on any atom is 0.248 e. The van der Waals surface area contributed by atoms with Gasteiger partial charge >= 0.3 is 0 Å². The fourth-order valence-corrected chi connectivity index (χ4v) is 7.74. The van der Waals surface area contributed by atoms with Gasteiger partial charge in [0.1, 0.15) is 12.4 Å². The van der Waals surface area contributed by atoms with E-state index in [1.807, 2.05) is 73.3 Å². The molecule has 4 rings (SSSR count). The number of carbonyl (C=O) groups excluding carboxylic acids is 1. The summed E-state index contributed by atoms with van der Waals surface area (Å²) in [7, 11) is -3.09. The molecule has 0 aromatic heterocycles. The van der Waals surface area contributed by atoms with Gasteiger partial charge in [0.25, 0.3) is 0 Å². The van der Waals surface area contributed by atoms with Crippen LogP contribution in [-0.4, -0.2) is 42.3 Å². The summed E-state index contributed by atoms with van der Waals surface area (Å²) in [6, 6.07) is 17.3. The number of amides is 1. The molecule has 2 atom stereocenters. The van der Waals surface area contributed by atoms with Crippen molar-refractivity contribution < 1.29 is 17.9 Å². The molecular formula is C23H26N2O4S2. The molecule has 2 fully saturated rings. The van der Waals surface area contributed by atoms with E-state index in [9.17, 15) is 13.2 Å². The Morgan fingerprint density at radius 3 is 2.52 bits per heavy atom. The number of ether oxygens (including phenoxy) is 1. The molecule has 0 N–H and O–H groups in total. The van der Waals surface area contributed by atoms with Crippen molar-refractivity contribution in [1.82, 2.24) is 0 Å². The van der Waals surface area contributed by atoms with Crippen molar-refractivity contribution in [1.29, 1.82) is 0 Å². The third-order valence-electron chi connectivity index (χ3n) is 5.23. The van der Waals surface area contributed by atoms with Gasteiger partial charge in [-0.3, -0.25) is 4.79 Å². The van der Waals surface area contributed by atoms with E-state index in [0.717, 1.165) is 17.0 Å². The van der Waals surface area contributed by atoms with Gasteiger partial charge in [-0.25, -0.2) is 8.42 Å². The lowest BCUT2D eigenvalue weighted by Gasteiger charge is -2.24. The second-order valence-electron chi connectivity index (χ2n) is 8.32. The number of sulfone groups is 1. The summed E-state index contributed by atoms with van der Waals surface area (Å²) in [5.74, 6) is 0.971. The van der Waals surface area contributed by atoms with Gasteiger partial charge in [-0.15, -0.1) is 0 Å². The fourth-order valence-electron chi connectivity index (χ4n) is 3.81. The van der Waals surface area contributed by atoms with E-state index in [1.54, 1.807) is 0 Å². The largest absolute Gasteiger partial charge is 0.489 e. The maximum atomic E-state index is 12.3. The normalized spacial score (nSPS) is 23.3. The number of fused-ring (bicyclic) bond motifs is 1. The van der Waals surface area contributed by atoms with Crippen LogP contribution in [-0.2, 0) is 21.2 Å². The van der Waals surface area contributed by atoms with E-state index in [2.05, 4.69) is 4.99 Å². The molecule has 0 aliphatic carbocycles. The quantitative estimate of drug-likeness (QED) is 0.653. The number of hydrogen-bond acceptors (Lipinski definition) is 5. The number of rotatable bonds is 6. The summed E-state index contributed by atoms with van der Waals surface area (Å²) in [6.45, 7) is 4.43. The van der Waals surface area contributed by atoms with Crippen molar-refractivity contribution >= 4 is 38.4 Å². The number of benzene rings is 2. The van der Waals surface area contributed by atoms with Gasteiger partial charge in [0, 0.05) is 17.4 Å². The first-order valence-electron chi connectivity index (χ1n) is 10.4. The molecule has 0 spiro atoms. The Bertz CT molecular complexity index is 1070. The highest BCUT2D eigenvalue weighted by Crippen LogP contribution is 2.41. The number of nitrogens with zero attached hydrogens (tertiary/aromatic N) is 2. The lowest BCUT2D eigenvalue weighted by molar-refractivity contribution is -0.118. The molecule has 31 heavy (non-hydrogen) atoms. The summed E-state index contributed by atoms with van der Waals surface area (Å²) in [4.78, 5) is 18.6. The fraction of sp³-hybridized carbons (Fsp3) is 0.391. The number of thioether (sulfide) groups is 1. The number of aliphatic imine (C=N–C) groups is 1. The van der Waals surface area contributed by atoms with Crippen LogP contribution in [0.4, 0.5) is 5.69 Å². The Morgan fingerprint density at radius 1 is 1.13 bits per heavy atom. The van der Waals surface area contributed by atoms with E-state index in [0.29, 0.717) is 18.2 Å². The lowest BCUT2D eigenvalue weighted by Crippen LogP contribution is -2.37. The standard InChI is InChI=1S/C23H26N2O4S2/c1-16(2)12-22(26)24-23-25(20-14-31(27,28)15-21(20)30-23)18-8-10-19(11-9-18)29-13-17-6-4-3-5-7-17/h3-11,16,20-21H,12-15H2,1-2H3/t20-,21-/m0/s1. The number of hydrogen-bond donors (Lipinski definition) is 0. The van der Waals surface area contributed by atoms with Gasteiger partial charge in [0.05, 0.1) is 17.5 Å². The van der Waals surface area contributed by atoms with Crippen LogP contribution in [0.3, 0.4) is 0 Å². The van der Waals surface area contributed by atoms with Crippen LogP contribution < -0.4 is 9.64 Å². The third-order valence-corrected chi connectivity index (χ3v) is 8.44. The Balaban J connectivity index is 1.54. The Hall–Kier alpha value is -2.32. The highest BCUT2D eigenvalue weighted by atomic mass is 32.2. The van der Waals surface area contributed by atoms with Crippen LogP contribution in [0, 0.1) is 5.92 Å². The van der Waals surface area contributed by atoms with Gasteiger partial charge < -0.3 is 9.64 Å². The molecule has 2 aromatic rings. The second kappa shape index (κ2) is 9.04. The van der Waals surface area contributed by atoms with Crippen LogP contribution in [0.25, 0.3) is 0 Å². The molecule has 2 saturated heterocycles. The molecule has 0 bridgehead atoms. The zero-order valence-electron chi connectivity index (χ0n) is 17.6. The summed E-state index contributed by atoms with van der Waals surface area (Å²) in [5, 5.41) is 0.484. The Morgan fingerprint density at radius 2 is 1.84 bits per heavy atom. The minimum atomic E-state index is -3.09. The van der Waals surface area contributed by atoms with Gasteiger partial charge in [-0.2, -0.15) is 4.99 Å². The summed E-state index contributed by atoms with van der Waals surface area (Å²) < 4.78 is 30.3. The first-order chi connectivity index (χ1) is 14.8. The van der Waals surface area contributed by atoms with Crippen molar-refractivity contribution in [2.45, 2.75) is 38.2 Å². The lowest BCUT2D eigenvalue weighted by atomic mass is 10.1. The smallest absolute Gasteiger partial charge is 0.248 e. The van der Waals surface area contributed by atoms with Crippen LogP contribution in [0.5, 0.6) is 5.75 Å². The Kier molecular flexibility index (Phi) is 6.39. The van der Waals surface area contributed by atoms with E-state index in [1.165, 1.54) is 11.8 Å². The Labute approximate surface area is 187 Å². The van der Waals surface area contributed by atoms with Gasteiger partial charge in [-0.1, -0.05) is 55.9 Å². The molecule has 2 aliphatic heterocycles. The van der Waals surface area contributed by atoms with Crippen LogP contribution in [0.2, 0.25) is 0 Å². The molecule has 2 heterocycles. The summed E-state index contributed by atoms with van der Waals surface area (Å²) >= 11 is 1.40. The molecule has 2 aromatic carbocycles. The molecule has 0 saturated carbocycles. The van der Waals surface area contributed by atoms with Crippen molar-refractivity contribution in [2.24, 2.45) is 10.9 Å². The predicted octanol–water partition coefficient (Wildman–Crippen LogP) is 3.91. The van der Waals surface area contributed by atoms with E-state index in [4.69, 9.17) is 4.74 Å². The first-order valence-corrected chi connectivity index (χ1v) is 13.1. The van der Waals surface area contributed by atoms with Gasteiger partial charge in [0.2, 0.25) is 5.91 Å². The SMILES string of the molecule is CC(C)CC(=O)N=C1S[C@H]2CS(=O)(=O)C[C@@H]2N1c1ccc(OCc2ccccc2)cc1. The monoisotopic (exact) mass is 458 g/mol. The van der Waals surface area contributed by atoms with Crippen LogP contribution >= 0.6 is 11.8 Å². The predicted molar refractivity (Wildman–Crippen MR) is 125 cm³/mol. The van der Waals surface area contributed by atoms with Crippen LogP contribution in [0.1, 0.15) is 25.8 Å². The zero-order valence-corrected chi connectivity index (χ0v) is 19.2. The highest BCUT2D eigenvalue weighted by molar-refractivity contribution is 8.16. The molecule has 164 valence electrons. The van der Waals surface area contributed by atoms with E-state index in [-0.39, 0.29) is 34.6 Å². The van der Waals surface area contributed by atoms with Crippen LogP contribution in [0.15, 0.2) is 59.6 Å². The average Bonchev–Trinajstić information content (AvgIpc) is 3.17. The molecular weight excluding hydrogens is 432 g/mol. The summed E-state index contributed by atoms with van der Waals surface area (Å²) in [5.41, 5.74) is 1.90. The number of carbonyl (C=O) groups is 1. The molecule has 0 radical (unpaired) electrons. The van der Waals surface area contributed by atoms with Crippen molar-refractivity contribution in [3.05, 3.63) is 60.2 Å². The zero-order chi connectivity index (χ0) is 22.0. The highest BCUT2D eigenvalue weighted by Gasteiger charge is 2.49. The van der Waals surface area contributed by atoms with Crippen molar-refractivity contribution in [3.8, 4) is 5.75 Å². The number of amidine groups is 1. The molecule has 6 nitrogen and oxygen atoms in total. The maximum absolute atomic E-state index is 12.3. The van der Waals surface area contributed by atoms with Gasteiger partial charge in [-0.05, 0) is 35.7 Å². The minimum Gasteiger partial charge on any atom is -0.489 e. The topological polar surface area (TPSA) is 76.0 Å². The van der Waals surface area contributed by atoms with Crippen molar-refractivity contribution in [3.63, 3.8) is 0 Å². The first kappa shape index (κ1) is 21.9. The molecule has 0 unspecified atom stereocenters. The van der Waals surface area contributed by atoms with Crippen molar-refractivity contribution in [2.75, 3.05) is 16.4 Å². The molecule has 8 heteroatoms. The molecule has 2 aliphatic rings. The average molecular weight is 459 g/mol. The number of anilines is 1. The third kappa shape index (κ3) is 5.30. The van der Waals surface area contributed by atoms with E-state index >= 15 is 0 Å². The minimum absolute atomic E-state index is 0.0777. The van der Waals surface area contributed by atoms with Gasteiger partial charge in [0.15, 0.2) is 15.0 Å². The van der Waals surface area contributed by atoms with E-state index < -0.39 is 9.84 Å². The summed E-state index contributed by atoms with van der Waals surface area (Å²) in [6.07, 6.45) is 0.373.